The highest BCUT2D eigenvalue weighted by molar-refractivity contribution is 5.85. The van der Waals surface area contributed by atoms with Crippen molar-refractivity contribution in [3.63, 3.8) is 0 Å². The van der Waals surface area contributed by atoms with E-state index in [0.29, 0.717) is 0 Å². The van der Waals surface area contributed by atoms with E-state index in [-0.39, 0.29) is 5.75 Å². The second kappa shape index (κ2) is 8.72. The minimum absolute atomic E-state index is 0.249. The van der Waals surface area contributed by atoms with Crippen molar-refractivity contribution in [3.8, 4) is 5.75 Å². The van der Waals surface area contributed by atoms with E-state index in [1.54, 1.807) is 17.2 Å². The average Bonchev–Trinajstić information content (AvgIpc) is 2.75. The number of nitrogens with zero attached hydrogens (tertiary/aromatic N) is 2. The Bertz CT molecular complexity index is 914. The minimum atomic E-state index is 0.249. The summed E-state index contributed by atoms with van der Waals surface area (Å²) in [4.78, 5) is 8.57. The van der Waals surface area contributed by atoms with Crippen LogP contribution in [0.4, 0.5) is 11.4 Å². The van der Waals surface area contributed by atoms with Crippen molar-refractivity contribution in [1.82, 2.24) is 0 Å². The van der Waals surface area contributed by atoms with Gasteiger partial charge >= 0.3 is 0 Å². The molecular weight excluding hydrogens is 346 g/mol. The molecule has 0 unspecified atom stereocenters. The molecule has 3 aromatic carbocycles. The number of para-hydroxylation sites is 1. The van der Waals surface area contributed by atoms with Crippen LogP contribution in [-0.4, -0.2) is 37.5 Å². The summed E-state index contributed by atoms with van der Waals surface area (Å²) < 4.78 is 0. The number of phenolic OH excluding ortho intramolecular Hbond substituents is 1. The van der Waals surface area contributed by atoms with Crippen LogP contribution in [-0.2, 0) is 6.54 Å². The number of hydrogen-bond acceptors (Lipinski definition) is 3. The average molecular weight is 372 g/mol. The fraction of sp³-hybridized carbons (Fsp3) is 0.208. The topological polar surface area (TPSA) is 40.3 Å². The number of benzene rings is 3. The molecule has 0 amide bonds. The Morgan fingerprint density at radius 1 is 0.857 bits per heavy atom. The number of anilines is 1. The van der Waals surface area contributed by atoms with Gasteiger partial charge in [-0.3, -0.25) is 4.99 Å². The zero-order valence-electron chi connectivity index (χ0n) is 16.0. The summed E-state index contributed by atoms with van der Waals surface area (Å²) in [6.07, 6.45) is 1.70. The summed E-state index contributed by atoms with van der Waals surface area (Å²) >= 11 is 0. The van der Waals surface area contributed by atoms with Gasteiger partial charge in [0.15, 0.2) is 0 Å². The molecule has 0 atom stereocenters. The third-order valence-corrected chi connectivity index (χ3v) is 5.27. The van der Waals surface area contributed by atoms with Crippen LogP contribution in [0.5, 0.6) is 5.75 Å². The largest absolute Gasteiger partial charge is 0.507 e. The molecule has 3 aromatic rings. The molecule has 4 rings (SSSR count). The number of rotatable bonds is 5. The van der Waals surface area contributed by atoms with Crippen LogP contribution in [0.25, 0.3) is 0 Å². The van der Waals surface area contributed by atoms with Crippen molar-refractivity contribution in [2.75, 3.05) is 31.1 Å². The molecule has 4 nitrogen and oxygen atoms in total. The lowest BCUT2D eigenvalue weighted by Crippen LogP contribution is -3.13. The van der Waals surface area contributed by atoms with Crippen LogP contribution < -0.4 is 9.80 Å². The van der Waals surface area contributed by atoms with E-state index in [4.69, 9.17) is 0 Å². The first-order chi connectivity index (χ1) is 13.8. The molecule has 28 heavy (non-hydrogen) atoms. The Morgan fingerprint density at radius 3 is 2.25 bits per heavy atom. The van der Waals surface area contributed by atoms with Crippen LogP contribution >= 0.6 is 0 Å². The van der Waals surface area contributed by atoms with E-state index in [0.717, 1.165) is 44.0 Å². The number of nitrogens with one attached hydrogen (secondary N) is 1. The molecule has 4 heteroatoms. The first-order valence-corrected chi connectivity index (χ1v) is 9.82. The lowest BCUT2D eigenvalue weighted by Gasteiger charge is -2.33. The van der Waals surface area contributed by atoms with Gasteiger partial charge in [-0.25, -0.2) is 0 Å². The lowest BCUT2D eigenvalue weighted by molar-refractivity contribution is -0.914. The van der Waals surface area contributed by atoms with Crippen LogP contribution in [0.3, 0.4) is 0 Å². The van der Waals surface area contributed by atoms with Crippen molar-refractivity contribution in [3.05, 3.63) is 90.0 Å². The number of hydrogen-bond donors (Lipinski definition) is 2. The molecule has 0 aromatic heterocycles. The van der Waals surface area contributed by atoms with E-state index in [1.165, 1.54) is 11.3 Å². The van der Waals surface area contributed by atoms with Gasteiger partial charge in [-0.1, -0.05) is 42.5 Å². The number of aliphatic imine (C=N–C) groups is 1. The maximum absolute atomic E-state index is 9.82. The second-order valence-electron chi connectivity index (χ2n) is 7.23. The summed E-state index contributed by atoms with van der Waals surface area (Å²) in [5.41, 5.74) is 4.28. The Kier molecular flexibility index (Phi) is 5.69. The van der Waals surface area contributed by atoms with Gasteiger partial charge in [0.05, 0.1) is 31.9 Å². The predicted molar refractivity (Wildman–Crippen MR) is 115 cm³/mol. The van der Waals surface area contributed by atoms with Crippen LogP contribution in [0.15, 0.2) is 83.9 Å². The third kappa shape index (κ3) is 4.59. The van der Waals surface area contributed by atoms with Gasteiger partial charge in [-0.2, -0.15) is 0 Å². The van der Waals surface area contributed by atoms with Gasteiger partial charge in [0, 0.05) is 23.0 Å². The number of phenols is 1. The van der Waals surface area contributed by atoms with Crippen molar-refractivity contribution >= 4 is 17.6 Å². The fourth-order valence-corrected chi connectivity index (χ4v) is 3.63. The van der Waals surface area contributed by atoms with Crippen LogP contribution in [0.2, 0.25) is 0 Å². The van der Waals surface area contributed by atoms with Crippen molar-refractivity contribution in [2.24, 2.45) is 4.99 Å². The molecule has 1 fully saturated rings. The molecular formula is C24H26N3O+. The lowest BCUT2D eigenvalue weighted by atomic mass is 10.2. The Hall–Kier alpha value is -3.11. The Morgan fingerprint density at radius 2 is 1.54 bits per heavy atom. The molecule has 142 valence electrons. The standard InChI is InChI=1S/C24H25N3O/c28-24-9-5-4-8-21(24)18-25-22-10-12-23(13-11-22)27-16-14-26(15-17-27)19-20-6-2-1-3-7-20/h1-13,18,28H,14-17,19H2/p+1. The van der Waals surface area contributed by atoms with E-state index >= 15 is 0 Å². The number of piperazine rings is 1. The van der Waals surface area contributed by atoms with Crippen molar-refractivity contribution in [1.29, 1.82) is 0 Å². The molecule has 0 aliphatic carbocycles. The van der Waals surface area contributed by atoms with Gasteiger partial charge in [0.25, 0.3) is 0 Å². The third-order valence-electron chi connectivity index (χ3n) is 5.27. The van der Waals surface area contributed by atoms with Gasteiger partial charge in [0.1, 0.15) is 12.3 Å². The van der Waals surface area contributed by atoms with Crippen LogP contribution in [0, 0.1) is 0 Å². The summed E-state index contributed by atoms with van der Waals surface area (Å²) in [7, 11) is 0. The maximum Gasteiger partial charge on any atom is 0.124 e. The highest BCUT2D eigenvalue weighted by atomic mass is 16.3. The molecule has 1 aliphatic rings. The van der Waals surface area contributed by atoms with Crippen molar-refractivity contribution < 1.29 is 10.0 Å². The van der Waals surface area contributed by atoms with Crippen LogP contribution in [0.1, 0.15) is 11.1 Å². The summed E-state index contributed by atoms with van der Waals surface area (Å²) in [5.74, 6) is 0.249. The Balaban J connectivity index is 1.33. The first-order valence-electron chi connectivity index (χ1n) is 9.82. The molecule has 0 bridgehead atoms. The highest BCUT2D eigenvalue weighted by Gasteiger charge is 2.20. The SMILES string of the molecule is Oc1ccccc1C=Nc1ccc(N2CC[NH+](Cc3ccccc3)CC2)cc1. The molecule has 1 heterocycles. The smallest absolute Gasteiger partial charge is 0.124 e. The van der Waals surface area contributed by atoms with Gasteiger partial charge in [-0.05, 0) is 36.4 Å². The predicted octanol–water partition coefficient (Wildman–Crippen LogP) is 3.05. The quantitative estimate of drug-likeness (QED) is 0.676. The van der Waals surface area contributed by atoms with Gasteiger partial charge < -0.3 is 14.9 Å². The fourth-order valence-electron chi connectivity index (χ4n) is 3.63. The van der Waals surface area contributed by atoms with Crippen molar-refractivity contribution in [2.45, 2.75) is 6.54 Å². The summed E-state index contributed by atoms with van der Waals surface area (Å²) in [5, 5.41) is 9.82. The molecule has 0 saturated carbocycles. The normalized spacial score (nSPS) is 15.2. The highest BCUT2D eigenvalue weighted by Crippen LogP contribution is 2.21. The molecule has 0 radical (unpaired) electrons. The summed E-state index contributed by atoms with van der Waals surface area (Å²) in [6.45, 7) is 5.56. The Labute approximate surface area is 166 Å². The molecule has 1 aliphatic heterocycles. The van der Waals surface area contributed by atoms with Gasteiger partial charge in [0.2, 0.25) is 0 Å². The zero-order chi connectivity index (χ0) is 19.2. The minimum Gasteiger partial charge on any atom is -0.507 e. The first kappa shape index (κ1) is 18.3. The molecule has 0 spiro atoms. The van der Waals surface area contributed by atoms with E-state index in [1.807, 2.05) is 30.3 Å². The summed E-state index contributed by atoms with van der Waals surface area (Å²) in [6, 6.07) is 26.3. The monoisotopic (exact) mass is 372 g/mol. The second-order valence-corrected chi connectivity index (χ2v) is 7.23. The maximum atomic E-state index is 9.82. The van der Waals surface area contributed by atoms with E-state index in [9.17, 15) is 5.11 Å². The van der Waals surface area contributed by atoms with E-state index in [2.05, 4.69) is 52.4 Å². The molecule has 2 N–H and O–H groups in total. The zero-order valence-corrected chi connectivity index (χ0v) is 16.0. The molecule has 1 saturated heterocycles. The number of quaternary nitrogens is 1. The number of aromatic hydroxyl groups is 1. The van der Waals surface area contributed by atoms with Gasteiger partial charge in [-0.15, -0.1) is 0 Å². The van der Waals surface area contributed by atoms with E-state index < -0.39 is 0 Å².